The first-order chi connectivity index (χ1) is 17.8. The van der Waals surface area contributed by atoms with E-state index in [2.05, 4.69) is 97.1 Å². The standard InChI is InChI=1S/C36H16/c1-2-6-18-17(5-1)23-11-26-27(12-24(18)23)30-15-32-31(14-29(26)30)28-13-25-22-10-9-21-19-7-3-4-8-20(19)35(21)36(22)34(25)16-33(28)32/h1-16H. The molecule has 160 valence electrons. The molecule has 0 amide bonds. The maximum Gasteiger partial charge on any atom is -0.00137 e. The Balaban J connectivity index is 1.21. The lowest BCUT2D eigenvalue weighted by atomic mass is 9.79. The fourth-order valence-corrected chi connectivity index (χ4v) is 7.64. The van der Waals surface area contributed by atoms with Crippen LogP contribution in [-0.4, -0.2) is 0 Å². The molecule has 0 nitrogen and oxygen atoms in total. The maximum absolute atomic E-state index is 2.47. The van der Waals surface area contributed by atoms with Crippen molar-refractivity contribution in [2.24, 2.45) is 0 Å². The van der Waals surface area contributed by atoms with Gasteiger partial charge in [-0.3, -0.25) is 0 Å². The molecule has 0 atom stereocenters. The summed E-state index contributed by atoms with van der Waals surface area (Å²) in [6.45, 7) is 0. The smallest absolute Gasteiger partial charge is 0.00137 e. The van der Waals surface area contributed by atoms with Crippen LogP contribution in [0, 0.1) is 0 Å². The predicted molar refractivity (Wildman–Crippen MR) is 157 cm³/mol. The van der Waals surface area contributed by atoms with Crippen LogP contribution in [0.3, 0.4) is 0 Å². The summed E-state index contributed by atoms with van der Waals surface area (Å²) in [6, 6.07) is 37.0. The molecule has 0 bridgehead atoms. The molecule has 0 aromatic heterocycles. The van der Waals surface area contributed by atoms with Crippen molar-refractivity contribution in [1.82, 2.24) is 0 Å². The summed E-state index contributed by atoms with van der Waals surface area (Å²) in [5.41, 5.74) is 0. The summed E-state index contributed by atoms with van der Waals surface area (Å²) in [6.07, 6.45) is 0. The third-order valence-electron chi connectivity index (χ3n) is 9.39. The molecular weight excluding hydrogens is 432 g/mol. The van der Waals surface area contributed by atoms with Crippen molar-refractivity contribution in [2.45, 2.75) is 0 Å². The van der Waals surface area contributed by atoms with Gasteiger partial charge < -0.3 is 0 Å². The minimum Gasteiger partial charge on any atom is -0.0616 e. The van der Waals surface area contributed by atoms with Gasteiger partial charge in [0.1, 0.15) is 0 Å². The molecular formula is C36H16. The Labute approximate surface area is 204 Å². The van der Waals surface area contributed by atoms with E-state index >= 15 is 0 Å². The van der Waals surface area contributed by atoms with Gasteiger partial charge in [-0.15, -0.1) is 0 Å². The zero-order valence-electron chi connectivity index (χ0n) is 19.2. The number of hydrogen-bond acceptors (Lipinski definition) is 0. The van der Waals surface area contributed by atoms with Gasteiger partial charge in [0.15, 0.2) is 0 Å². The fraction of sp³-hybridized carbons (Fsp3) is 0. The average molecular weight is 449 g/mol. The second-order valence-corrected chi connectivity index (χ2v) is 10.8. The quantitative estimate of drug-likeness (QED) is 0.216. The van der Waals surface area contributed by atoms with E-state index in [4.69, 9.17) is 0 Å². The highest BCUT2D eigenvalue weighted by Crippen LogP contribution is 2.51. The number of hydrogen-bond donors (Lipinski definition) is 0. The monoisotopic (exact) mass is 448 g/mol. The molecule has 0 spiro atoms. The van der Waals surface area contributed by atoms with Crippen molar-refractivity contribution >= 4 is 108 Å². The van der Waals surface area contributed by atoms with E-state index < -0.39 is 0 Å². The normalized spacial score (nSPS) is 13.6. The van der Waals surface area contributed by atoms with Crippen LogP contribution in [0.4, 0.5) is 0 Å². The van der Waals surface area contributed by atoms with Crippen LogP contribution < -0.4 is 0 Å². The molecule has 0 N–H and O–H groups in total. The van der Waals surface area contributed by atoms with Gasteiger partial charge >= 0.3 is 0 Å². The summed E-state index contributed by atoms with van der Waals surface area (Å²) >= 11 is 0. The molecule has 0 aliphatic carbocycles. The molecule has 11 rings (SSSR count). The molecule has 11 aromatic carbocycles. The van der Waals surface area contributed by atoms with Crippen molar-refractivity contribution < 1.29 is 0 Å². The molecule has 0 fully saturated rings. The highest BCUT2D eigenvalue weighted by atomic mass is 14.3. The van der Waals surface area contributed by atoms with E-state index in [0.29, 0.717) is 0 Å². The number of rotatable bonds is 0. The van der Waals surface area contributed by atoms with Crippen molar-refractivity contribution in [3.8, 4) is 0 Å². The molecule has 0 heterocycles. The number of fused-ring (bicyclic) bond motifs is 21. The minimum atomic E-state index is 1.40. The van der Waals surface area contributed by atoms with Gasteiger partial charge in [-0.1, -0.05) is 60.7 Å². The molecule has 11 aromatic rings. The van der Waals surface area contributed by atoms with Crippen molar-refractivity contribution in [1.29, 1.82) is 0 Å². The molecule has 0 aliphatic rings. The van der Waals surface area contributed by atoms with Crippen LogP contribution in [0.5, 0.6) is 0 Å². The predicted octanol–water partition coefficient (Wildman–Crippen LogP) is 10.4. The second kappa shape index (κ2) is 5.12. The van der Waals surface area contributed by atoms with Gasteiger partial charge in [0.25, 0.3) is 0 Å². The largest absolute Gasteiger partial charge is 0.0616 e. The zero-order chi connectivity index (χ0) is 22.9. The highest BCUT2D eigenvalue weighted by Gasteiger charge is 2.23. The molecule has 0 aliphatic heterocycles. The van der Waals surface area contributed by atoms with Crippen LogP contribution in [0.15, 0.2) is 97.1 Å². The lowest BCUT2D eigenvalue weighted by molar-refractivity contribution is 1.80. The molecule has 0 heteroatoms. The Kier molecular flexibility index (Phi) is 2.40. The Morgan fingerprint density at radius 2 is 0.444 bits per heavy atom. The van der Waals surface area contributed by atoms with Crippen LogP contribution in [-0.2, 0) is 0 Å². The van der Waals surface area contributed by atoms with Gasteiger partial charge in [0.05, 0.1) is 0 Å². The summed E-state index contributed by atoms with van der Waals surface area (Å²) < 4.78 is 0. The van der Waals surface area contributed by atoms with Crippen LogP contribution in [0.1, 0.15) is 0 Å². The summed E-state index contributed by atoms with van der Waals surface area (Å²) in [4.78, 5) is 0. The first-order valence-electron chi connectivity index (χ1n) is 12.8. The van der Waals surface area contributed by atoms with E-state index in [9.17, 15) is 0 Å². The van der Waals surface area contributed by atoms with E-state index in [0.717, 1.165) is 0 Å². The molecule has 0 radical (unpaired) electrons. The summed E-state index contributed by atoms with van der Waals surface area (Å²) in [5.74, 6) is 0. The van der Waals surface area contributed by atoms with Crippen molar-refractivity contribution in [3.63, 3.8) is 0 Å². The average Bonchev–Trinajstić information content (AvgIpc) is 2.89. The Morgan fingerprint density at radius 1 is 0.194 bits per heavy atom. The SMILES string of the molecule is c1ccc2c(c1)c1cc3c(cc21)c1cc2c(cc31)c1cc3c4ccc5c6ccccc6c5c4c3cc21. The van der Waals surface area contributed by atoms with E-state index in [-0.39, 0.29) is 0 Å². The van der Waals surface area contributed by atoms with Gasteiger partial charge in [-0.05, 0) is 144 Å². The summed E-state index contributed by atoms with van der Waals surface area (Å²) in [5, 5.41) is 28.4. The lowest BCUT2D eigenvalue weighted by Crippen LogP contribution is -1.95. The molecule has 0 unspecified atom stereocenters. The molecule has 36 heavy (non-hydrogen) atoms. The lowest BCUT2D eigenvalue weighted by Gasteiger charge is -2.23. The van der Waals surface area contributed by atoms with Gasteiger partial charge in [-0.2, -0.15) is 0 Å². The Bertz CT molecular complexity index is 2630. The van der Waals surface area contributed by atoms with Crippen LogP contribution in [0.25, 0.3) is 108 Å². The number of benzene rings is 6. The molecule has 0 saturated carbocycles. The zero-order valence-corrected chi connectivity index (χ0v) is 19.2. The van der Waals surface area contributed by atoms with E-state index in [1.807, 2.05) is 0 Å². The first kappa shape index (κ1) is 16.9. The third-order valence-corrected chi connectivity index (χ3v) is 9.39. The topological polar surface area (TPSA) is 0 Å². The fourth-order valence-electron chi connectivity index (χ4n) is 7.64. The van der Waals surface area contributed by atoms with Gasteiger partial charge in [0, 0.05) is 0 Å². The first-order valence-corrected chi connectivity index (χ1v) is 12.8. The Morgan fingerprint density at radius 3 is 0.917 bits per heavy atom. The van der Waals surface area contributed by atoms with Gasteiger partial charge in [-0.25, -0.2) is 0 Å². The molecule has 0 saturated heterocycles. The second-order valence-electron chi connectivity index (χ2n) is 10.8. The van der Waals surface area contributed by atoms with Crippen molar-refractivity contribution in [2.75, 3.05) is 0 Å². The Hall–Kier alpha value is -4.68. The van der Waals surface area contributed by atoms with Crippen LogP contribution in [0.2, 0.25) is 0 Å². The third kappa shape index (κ3) is 1.57. The van der Waals surface area contributed by atoms with E-state index in [1.54, 1.807) is 0 Å². The minimum absolute atomic E-state index is 1.40. The van der Waals surface area contributed by atoms with Crippen LogP contribution >= 0.6 is 0 Å². The maximum atomic E-state index is 2.47. The van der Waals surface area contributed by atoms with E-state index in [1.165, 1.54) is 108 Å². The van der Waals surface area contributed by atoms with Crippen molar-refractivity contribution in [3.05, 3.63) is 97.1 Å². The highest BCUT2D eigenvalue weighted by molar-refractivity contribution is 6.46. The summed E-state index contributed by atoms with van der Waals surface area (Å²) in [7, 11) is 0. The van der Waals surface area contributed by atoms with Gasteiger partial charge in [0.2, 0.25) is 0 Å².